The second kappa shape index (κ2) is 7.44. The van der Waals surface area contributed by atoms with Crippen LogP contribution in [0, 0.1) is 0 Å². The maximum Gasteiger partial charge on any atom is 0.319 e. The molecule has 0 radical (unpaired) electrons. The van der Waals surface area contributed by atoms with Crippen LogP contribution < -0.4 is 16.0 Å². The molecular weight excluding hydrogens is 286 g/mol. The number of carboxylic acids is 1. The molecule has 7 nitrogen and oxygen atoms in total. The number of carbonyl (C=O) groups excluding carboxylic acids is 2. The van der Waals surface area contributed by atoms with Gasteiger partial charge in [-0.2, -0.15) is 0 Å². The summed E-state index contributed by atoms with van der Waals surface area (Å²) < 4.78 is 0. The summed E-state index contributed by atoms with van der Waals surface area (Å²) in [5.41, 5.74) is 0.302. The van der Waals surface area contributed by atoms with Gasteiger partial charge in [-0.05, 0) is 32.9 Å². The smallest absolute Gasteiger partial charge is 0.319 e. The van der Waals surface area contributed by atoms with Gasteiger partial charge in [0.1, 0.15) is 0 Å². The average Bonchev–Trinajstić information content (AvgIpc) is 2.36. The highest BCUT2D eigenvalue weighted by molar-refractivity contribution is 6.03. The van der Waals surface area contributed by atoms with E-state index in [0.717, 1.165) is 0 Å². The second-order valence-corrected chi connectivity index (χ2v) is 5.77. The molecule has 1 aromatic carbocycles. The van der Waals surface area contributed by atoms with E-state index >= 15 is 0 Å². The van der Waals surface area contributed by atoms with Crippen molar-refractivity contribution in [2.45, 2.75) is 32.7 Å². The molecular formula is C15H21N3O4. The Morgan fingerprint density at radius 1 is 1.14 bits per heavy atom. The first kappa shape index (κ1) is 17.5. The molecule has 120 valence electrons. The quantitative estimate of drug-likeness (QED) is 0.665. The molecule has 1 aromatic rings. The van der Waals surface area contributed by atoms with Crippen LogP contribution in [0.5, 0.6) is 0 Å². The van der Waals surface area contributed by atoms with Crippen molar-refractivity contribution in [1.29, 1.82) is 0 Å². The van der Waals surface area contributed by atoms with Crippen LogP contribution >= 0.6 is 0 Å². The average molecular weight is 307 g/mol. The van der Waals surface area contributed by atoms with E-state index in [0.29, 0.717) is 11.3 Å². The maximum atomic E-state index is 12.2. The standard InChI is InChI=1S/C15H21N3O4/c1-15(2,3)18-13(21)10-6-4-5-7-11(10)17-14(22)16-9-8-12(19)20/h4-7H,8-9H2,1-3H3,(H,18,21)(H,19,20)(H2,16,17,22). The Morgan fingerprint density at radius 2 is 1.77 bits per heavy atom. The van der Waals surface area contributed by atoms with Crippen LogP contribution in [0.3, 0.4) is 0 Å². The molecule has 3 amide bonds. The van der Waals surface area contributed by atoms with E-state index in [-0.39, 0.29) is 18.9 Å². The summed E-state index contributed by atoms with van der Waals surface area (Å²) in [6, 6.07) is 6.05. The Morgan fingerprint density at radius 3 is 2.36 bits per heavy atom. The fraction of sp³-hybridized carbons (Fsp3) is 0.400. The third kappa shape index (κ3) is 6.25. The highest BCUT2D eigenvalue weighted by atomic mass is 16.4. The Bertz CT molecular complexity index is 564. The molecule has 0 aliphatic carbocycles. The molecule has 1 rings (SSSR count). The van der Waals surface area contributed by atoms with E-state index in [9.17, 15) is 14.4 Å². The third-order valence-corrected chi connectivity index (χ3v) is 2.53. The van der Waals surface area contributed by atoms with E-state index < -0.39 is 17.5 Å². The second-order valence-electron chi connectivity index (χ2n) is 5.77. The van der Waals surface area contributed by atoms with Gasteiger partial charge in [0.05, 0.1) is 17.7 Å². The number of amides is 3. The molecule has 0 aliphatic rings. The fourth-order valence-electron chi connectivity index (χ4n) is 1.65. The number of rotatable bonds is 5. The van der Waals surface area contributed by atoms with Gasteiger partial charge in [-0.15, -0.1) is 0 Å². The van der Waals surface area contributed by atoms with Crippen molar-refractivity contribution in [3.05, 3.63) is 29.8 Å². The van der Waals surface area contributed by atoms with Crippen LogP contribution in [-0.2, 0) is 4.79 Å². The number of nitrogens with one attached hydrogen (secondary N) is 3. The molecule has 0 aliphatic heterocycles. The minimum atomic E-state index is -0.995. The molecule has 22 heavy (non-hydrogen) atoms. The number of carbonyl (C=O) groups is 3. The largest absolute Gasteiger partial charge is 0.481 e. The number of para-hydroxylation sites is 1. The minimum absolute atomic E-state index is 0.0114. The van der Waals surface area contributed by atoms with E-state index in [1.54, 1.807) is 24.3 Å². The molecule has 0 fully saturated rings. The third-order valence-electron chi connectivity index (χ3n) is 2.53. The molecule has 0 spiro atoms. The summed E-state index contributed by atoms with van der Waals surface area (Å²) in [5, 5.41) is 16.3. The highest BCUT2D eigenvalue weighted by Crippen LogP contribution is 2.16. The van der Waals surface area contributed by atoms with Crippen molar-refractivity contribution in [3.8, 4) is 0 Å². The number of anilines is 1. The lowest BCUT2D eigenvalue weighted by Crippen LogP contribution is -2.41. The predicted octanol–water partition coefficient (Wildman–Crippen LogP) is 1.81. The van der Waals surface area contributed by atoms with Gasteiger partial charge in [-0.3, -0.25) is 9.59 Å². The van der Waals surface area contributed by atoms with Crippen molar-refractivity contribution < 1.29 is 19.5 Å². The normalized spacial score (nSPS) is 10.7. The van der Waals surface area contributed by atoms with Crippen LogP contribution in [0.15, 0.2) is 24.3 Å². The molecule has 4 N–H and O–H groups in total. The molecule has 7 heteroatoms. The van der Waals surface area contributed by atoms with E-state index in [1.807, 2.05) is 20.8 Å². The topological polar surface area (TPSA) is 108 Å². The maximum absolute atomic E-state index is 12.2. The summed E-state index contributed by atoms with van der Waals surface area (Å²) in [4.78, 5) is 34.3. The number of carboxylic acid groups (broad SMARTS) is 1. The first-order valence-electron chi connectivity index (χ1n) is 6.87. The monoisotopic (exact) mass is 307 g/mol. The van der Waals surface area contributed by atoms with Crippen LogP contribution in [-0.4, -0.2) is 35.1 Å². The highest BCUT2D eigenvalue weighted by Gasteiger charge is 2.18. The van der Waals surface area contributed by atoms with E-state index in [4.69, 9.17) is 5.11 Å². The SMILES string of the molecule is CC(C)(C)NC(=O)c1ccccc1NC(=O)NCCC(=O)O. The van der Waals surface area contributed by atoms with Crippen molar-refractivity contribution in [2.75, 3.05) is 11.9 Å². The fourth-order valence-corrected chi connectivity index (χ4v) is 1.65. The van der Waals surface area contributed by atoms with Crippen molar-refractivity contribution in [1.82, 2.24) is 10.6 Å². The van der Waals surface area contributed by atoms with Gasteiger partial charge in [0.15, 0.2) is 0 Å². The number of hydrogen-bond acceptors (Lipinski definition) is 3. The Balaban J connectivity index is 2.73. The van der Waals surface area contributed by atoms with Gasteiger partial charge in [-0.1, -0.05) is 12.1 Å². The van der Waals surface area contributed by atoms with Crippen LogP contribution in [0.2, 0.25) is 0 Å². The Hall–Kier alpha value is -2.57. The molecule has 0 heterocycles. The first-order chi connectivity index (χ1) is 10.2. The number of urea groups is 1. The number of aliphatic carboxylic acids is 1. The summed E-state index contributed by atoms with van der Waals surface area (Å²) in [5.74, 6) is -1.29. The van der Waals surface area contributed by atoms with Crippen LogP contribution in [0.4, 0.5) is 10.5 Å². The van der Waals surface area contributed by atoms with Gasteiger partial charge in [0.25, 0.3) is 5.91 Å². The Labute approximate surface area is 129 Å². The van der Waals surface area contributed by atoms with Crippen molar-refractivity contribution in [2.24, 2.45) is 0 Å². The zero-order valence-corrected chi connectivity index (χ0v) is 12.9. The van der Waals surface area contributed by atoms with Gasteiger partial charge >= 0.3 is 12.0 Å². The molecule has 0 atom stereocenters. The first-order valence-corrected chi connectivity index (χ1v) is 6.87. The molecule has 0 unspecified atom stereocenters. The lowest BCUT2D eigenvalue weighted by atomic mass is 10.1. The van der Waals surface area contributed by atoms with Gasteiger partial charge in [-0.25, -0.2) is 4.79 Å². The molecule has 0 aromatic heterocycles. The number of benzene rings is 1. The summed E-state index contributed by atoms with van der Waals surface area (Å²) in [6.07, 6.45) is -0.167. The van der Waals surface area contributed by atoms with Gasteiger partial charge in [0.2, 0.25) is 0 Å². The van der Waals surface area contributed by atoms with Crippen LogP contribution in [0.1, 0.15) is 37.6 Å². The lowest BCUT2D eigenvalue weighted by molar-refractivity contribution is -0.136. The van der Waals surface area contributed by atoms with Crippen molar-refractivity contribution >= 4 is 23.6 Å². The summed E-state index contributed by atoms with van der Waals surface area (Å²) in [7, 11) is 0. The predicted molar refractivity (Wildman–Crippen MR) is 82.9 cm³/mol. The molecule has 0 saturated heterocycles. The van der Waals surface area contributed by atoms with Crippen LogP contribution in [0.25, 0.3) is 0 Å². The summed E-state index contributed by atoms with van der Waals surface area (Å²) in [6.45, 7) is 5.59. The zero-order chi connectivity index (χ0) is 16.8. The Kier molecular flexibility index (Phi) is 5.91. The van der Waals surface area contributed by atoms with Gasteiger partial charge in [0, 0.05) is 12.1 Å². The van der Waals surface area contributed by atoms with E-state index in [2.05, 4.69) is 16.0 Å². The lowest BCUT2D eigenvalue weighted by Gasteiger charge is -2.21. The zero-order valence-electron chi connectivity index (χ0n) is 12.9. The van der Waals surface area contributed by atoms with Gasteiger partial charge < -0.3 is 21.1 Å². The van der Waals surface area contributed by atoms with E-state index in [1.165, 1.54) is 0 Å². The van der Waals surface area contributed by atoms with Crippen molar-refractivity contribution in [3.63, 3.8) is 0 Å². The molecule has 0 bridgehead atoms. The minimum Gasteiger partial charge on any atom is -0.481 e. The number of hydrogen-bond donors (Lipinski definition) is 4. The summed E-state index contributed by atoms with van der Waals surface area (Å²) >= 11 is 0. The molecule has 0 saturated carbocycles.